The molecule has 0 radical (unpaired) electrons. The van der Waals surface area contributed by atoms with E-state index in [1.807, 2.05) is 26.1 Å². The number of anilines is 1. The lowest BCUT2D eigenvalue weighted by Crippen LogP contribution is -2.09. The minimum Gasteiger partial charge on any atom is -0.366 e. The van der Waals surface area contributed by atoms with E-state index in [4.69, 9.17) is 11.6 Å². The maximum Gasteiger partial charge on any atom is 0.255 e. The van der Waals surface area contributed by atoms with Crippen LogP contribution >= 0.6 is 11.6 Å². The van der Waals surface area contributed by atoms with Gasteiger partial charge in [0.25, 0.3) is 5.78 Å². The Morgan fingerprint density at radius 2 is 2.20 bits per heavy atom. The summed E-state index contributed by atoms with van der Waals surface area (Å²) < 4.78 is 1.65. The minimum atomic E-state index is 0.430. The van der Waals surface area contributed by atoms with Gasteiger partial charge in [-0.15, -0.1) is 0 Å². The molecular weight excluding hydrogens is 276 g/mol. The lowest BCUT2D eigenvalue weighted by atomic mass is 10.1. The van der Waals surface area contributed by atoms with Gasteiger partial charge in [-0.3, -0.25) is 4.98 Å². The number of hydrogen-bond acceptors (Lipinski definition) is 5. The van der Waals surface area contributed by atoms with Crippen molar-refractivity contribution in [1.82, 2.24) is 24.6 Å². The highest BCUT2D eigenvalue weighted by atomic mass is 35.5. The lowest BCUT2D eigenvalue weighted by molar-refractivity contribution is 0.912. The summed E-state index contributed by atoms with van der Waals surface area (Å²) in [5.74, 6) is 1.28. The third-order valence-electron chi connectivity index (χ3n) is 3.19. The van der Waals surface area contributed by atoms with Gasteiger partial charge in [0.1, 0.15) is 17.3 Å². The fraction of sp³-hybridized carbons (Fsp3) is 0.231. The fourth-order valence-electron chi connectivity index (χ4n) is 1.98. The van der Waals surface area contributed by atoms with E-state index in [1.165, 1.54) is 11.9 Å². The molecule has 0 bridgehead atoms. The topological polar surface area (TPSA) is 68.0 Å². The Morgan fingerprint density at radius 3 is 3.00 bits per heavy atom. The lowest BCUT2D eigenvalue weighted by Gasteiger charge is -2.12. The molecule has 0 amide bonds. The second-order valence-electron chi connectivity index (χ2n) is 4.50. The van der Waals surface area contributed by atoms with E-state index in [9.17, 15) is 0 Å². The predicted molar refractivity (Wildman–Crippen MR) is 76.8 cm³/mol. The molecule has 1 N–H and O–H groups in total. The fourth-order valence-corrected chi connectivity index (χ4v) is 2.15. The third kappa shape index (κ3) is 2.18. The number of nitrogens with zero attached hydrogens (tertiary/aromatic N) is 5. The SMILES string of the molecule is Cc1cnccc1CNc1c(C)c(Cl)nc2ncnn12. The Morgan fingerprint density at radius 1 is 1.35 bits per heavy atom. The van der Waals surface area contributed by atoms with Crippen LogP contribution in [0.2, 0.25) is 5.15 Å². The van der Waals surface area contributed by atoms with Crippen LogP contribution in [-0.2, 0) is 6.54 Å². The van der Waals surface area contributed by atoms with E-state index >= 15 is 0 Å². The molecule has 0 unspecified atom stereocenters. The highest BCUT2D eigenvalue weighted by molar-refractivity contribution is 6.30. The molecule has 0 aliphatic rings. The molecule has 0 aliphatic carbocycles. The molecule has 6 nitrogen and oxygen atoms in total. The molecule has 3 aromatic heterocycles. The molecule has 0 spiro atoms. The second-order valence-corrected chi connectivity index (χ2v) is 4.86. The number of nitrogens with one attached hydrogen (secondary N) is 1. The molecule has 0 aromatic carbocycles. The summed E-state index contributed by atoms with van der Waals surface area (Å²) in [4.78, 5) is 12.3. The van der Waals surface area contributed by atoms with Gasteiger partial charge in [0.2, 0.25) is 0 Å². The van der Waals surface area contributed by atoms with E-state index in [1.54, 1.807) is 10.7 Å². The maximum atomic E-state index is 6.12. The molecule has 0 atom stereocenters. The maximum absolute atomic E-state index is 6.12. The molecule has 0 saturated carbocycles. The van der Waals surface area contributed by atoms with Crippen molar-refractivity contribution < 1.29 is 0 Å². The summed E-state index contributed by atoms with van der Waals surface area (Å²) in [6.07, 6.45) is 5.08. The third-order valence-corrected chi connectivity index (χ3v) is 3.56. The van der Waals surface area contributed by atoms with Crippen molar-refractivity contribution in [2.24, 2.45) is 0 Å². The first-order valence-electron chi connectivity index (χ1n) is 6.16. The van der Waals surface area contributed by atoms with Crippen LogP contribution in [0.3, 0.4) is 0 Å². The van der Waals surface area contributed by atoms with E-state index in [-0.39, 0.29) is 0 Å². The molecule has 20 heavy (non-hydrogen) atoms. The van der Waals surface area contributed by atoms with Gasteiger partial charge in [0.15, 0.2) is 0 Å². The summed E-state index contributed by atoms with van der Waals surface area (Å²) in [5.41, 5.74) is 3.14. The van der Waals surface area contributed by atoms with Gasteiger partial charge in [0, 0.05) is 24.5 Å². The summed E-state index contributed by atoms with van der Waals surface area (Å²) in [6, 6.07) is 1.99. The Hall–Kier alpha value is -2.21. The molecule has 0 fully saturated rings. The van der Waals surface area contributed by atoms with Crippen LogP contribution in [-0.4, -0.2) is 24.6 Å². The van der Waals surface area contributed by atoms with Crippen LogP contribution in [0.4, 0.5) is 5.82 Å². The molecule has 3 rings (SSSR count). The smallest absolute Gasteiger partial charge is 0.255 e. The molecule has 0 saturated heterocycles. The highest BCUT2D eigenvalue weighted by Crippen LogP contribution is 2.22. The molecular formula is C13H13ClN6. The Bertz CT molecular complexity index is 767. The number of aromatic nitrogens is 5. The van der Waals surface area contributed by atoms with Crippen LogP contribution in [0.25, 0.3) is 5.78 Å². The number of fused-ring (bicyclic) bond motifs is 1. The van der Waals surface area contributed by atoms with Gasteiger partial charge in [-0.2, -0.15) is 19.6 Å². The second kappa shape index (κ2) is 5.05. The summed E-state index contributed by atoms with van der Waals surface area (Å²) in [5, 5.41) is 7.94. The number of halogens is 1. The van der Waals surface area contributed by atoms with Gasteiger partial charge in [-0.1, -0.05) is 11.6 Å². The monoisotopic (exact) mass is 288 g/mol. The van der Waals surface area contributed by atoms with Crippen molar-refractivity contribution in [2.45, 2.75) is 20.4 Å². The van der Waals surface area contributed by atoms with E-state index < -0.39 is 0 Å². The van der Waals surface area contributed by atoms with Gasteiger partial charge in [-0.25, -0.2) is 0 Å². The first-order chi connectivity index (χ1) is 9.66. The normalized spacial score (nSPS) is 10.9. The Kier molecular flexibility index (Phi) is 3.23. The van der Waals surface area contributed by atoms with Crippen LogP contribution in [0.5, 0.6) is 0 Å². The summed E-state index contributed by atoms with van der Waals surface area (Å²) in [7, 11) is 0. The number of pyridine rings is 1. The number of rotatable bonds is 3. The summed E-state index contributed by atoms with van der Waals surface area (Å²) in [6.45, 7) is 4.59. The van der Waals surface area contributed by atoms with Crippen molar-refractivity contribution in [3.63, 3.8) is 0 Å². The van der Waals surface area contributed by atoms with Crippen molar-refractivity contribution in [3.05, 3.63) is 46.6 Å². The molecule has 3 aromatic rings. The van der Waals surface area contributed by atoms with Crippen molar-refractivity contribution in [3.8, 4) is 0 Å². The van der Waals surface area contributed by atoms with Gasteiger partial charge >= 0.3 is 0 Å². The first kappa shape index (κ1) is 12.8. The number of hydrogen-bond donors (Lipinski definition) is 1. The zero-order chi connectivity index (χ0) is 14.1. The zero-order valence-corrected chi connectivity index (χ0v) is 11.9. The molecule has 102 valence electrons. The van der Waals surface area contributed by atoms with Gasteiger partial charge in [-0.05, 0) is 31.0 Å². The van der Waals surface area contributed by atoms with Crippen molar-refractivity contribution >= 4 is 23.2 Å². The number of aryl methyl sites for hydroxylation is 1. The molecule has 7 heteroatoms. The van der Waals surface area contributed by atoms with E-state index in [0.29, 0.717) is 17.5 Å². The largest absolute Gasteiger partial charge is 0.366 e. The van der Waals surface area contributed by atoms with Crippen LogP contribution in [0.1, 0.15) is 16.7 Å². The van der Waals surface area contributed by atoms with Crippen LogP contribution in [0.15, 0.2) is 24.8 Å². The quantitative estimate of drug-likeness (QED) is 0.750. The van der Waals surface area contributed by atoms with Crippen LogP contribution in [0, 0.1) is 13.8 Å². The minimum absolute atomic E-state index is 0.430. The van der Waals surface area contributed by atoms with Gasteiger partial charge < -0.3 is 5.32 Å². The molecule has 3 heterocycles. The highest BCUT2D eigenvalue weighted by Gasteiger charge is 2.12. The first-order valence-corrected chi connectivity index (χ1v) is 6.54. The Balaban J connectivity index is 1.97. The predicted octanol–water partition coefficient (Wildman–Crippen LogP) is 2.40. The zero-order valence-electron chi connectivity index (χ0n) is 11.1. The standard InChI is InChI=1S/C13H13ClN6/c1-8-5-15-4-3-10(8)6-16-12-9(2)11(14)19-13-17-7-18-20(12)13/h3-5,7,16H,6H2,1-2H3. The summed E-state index contributed by atoms with van der Waals surface area (Å²) >= 11 is 6.12. The Labute approximate surface area is 120 Å². The van der Waals surface area contributed by atoms with E-state index in [2.05, 4.69) is 25.4 Å². The molecule has 0 aliphatic heterocycles. The van der Waals surface area contributed by atoms with Crippen molar-refractivity contribution in [1.29, 1.82) is 0 Å². The van der Waals surface area contributed by atoms with Gasteiger partial charge in [0.05, 0.1) is 0 Å². The van der Waals surface area contributed by atoms with Crippen molar-refractivity contribution in [2.75, 3.05) is 5.32 Å². The van der Waals surface area contributed by atoms with E-state index in [0.717, 1.165) is 16.9 Å². The average Bonchev–Trinajstić information content (AvgIpc) is 2.89. The van der Waals surface area contributed by atoms with Crippen LogP contribution < -0.4 is 5.32 Å². The average molecular weight is 289 g/mol.